The zero-order chi connectivity index (χ0) is 19.3. The second kappa shape index (κ2) is 8.92. The monoisotopic (exact) mass is 412 g/mol. The summed E-state index contributed by atoms with van der Waals surface area (Å²) < 4.78 is 2.21. The van der Waals surface area contributed by atoms with Gasteiger partial charge in [-0.15, -0.1) is 21.5 Å². The standard InChI is InChI=1S/C21H24N4OS2/c1-2-7-17(15-8-4-3-5-9-15)22-19(26)14-28-21-24-23-20(18-10-6-13-27-18)25(21)16-11-12-16/h3-6,8-10,13,16-17H,2,7,11-12,14H2,1H3,(H,22,26)/t17-/m1/s1. The average molecular weight is 413 g/mol. The lowest BCUT2D eigenvalue weighted by atomic mass is 10.0. The molecule has 7 heteroatoms. The van der Waals surface area contributed by atoms with Gasteiger partial charge in [-0.05, 0) is 36.3 Å². The minimum atomic E-state index is 0.0373. The number of hydrogen-bond acceptors (Lipinski definition) is 5. The molecular formula is C21H24N4OS2. The lowest BCUT2D eigenvalue weighted by Crippen LogP contribution is -2.30. The van der Waals surface area contributed by atoms with Gasteiger partial charge >= 0.3 is 0 Å². The number of hydrogen-bond donors (Lipinski definition) is 1. The quantitative estimate of drug-likeness (QED) is 0.497. The van der Waals surface area contributed by atoms with Gasteiger partial charge in [0.2, 0.25) is 5.91 Å². The lowest BCUT2D eigenvalue weighted by Gasteiger charge is -2.18. The van der Waals surface area contributed by atoms with Crippen molar-refractivity contribution < 1.29 is 4.79 Å². The molecule has 1 aliphatic rings. The highest BCUT2D eigenvalue weighted by atomic mass is 32.2. The van der Waals surface area contributed by atoms with Crippen molar-refractivity contribution in [3.63, 3.8) is 0 Å². The third-order valence-electron chi connectivity index (χ3n) is 4.76. The molecule has 1 atom stereocenters. The van der Waals surface area contributed by atoms with Crippen LogP contribution in [-0.4, -0.2) is 26.4 Å². The van der Waals surface area contributed by atoms with Gasteiger partial charge in [0.15, 0.2) is 11.0 Å². The minimum absolute atomic E-state index is 0.0373. The van der Waals surface area contributed by atoms with Crippen LogP contribution in [0.15, 0.2) is 53.0 Å². The van der Waals surface area contributed by atoms with E-state index in [2.05, 4.69) is 50.6 Å². The zero-order valence-corrected chi connectivity index (χ0v) is 17.5. The number of aromatic nitrogens is 3. The van der Waals surface area contributed by atoms with E-state index in [-0.39, 0.29) is 11.9 Å². The highest BCUT2D eigenvalue weighted by Gasteiger charge is 2.30. The molecule has 5 nitrogen and oxygen atoms in total. The average Bonchev–Trinajstić information content (AvgIpc) is 3.24. The second-order valence-electron chi connectivity index (χ2n) is 6.99. The minimum Gasteiger partial charge on any atom is -0.349 e. The Morgan fingerprint density at radius 2 is 2.07 bits per heavy atom. The number of thioether (sulfide) groups is 1. The van der Waals surface area contributed by atoms with Crippen LogP contribution >= 0.6 is 23.1 Å². The van der Waals surface area contributed by atoms with Crippen LogP contribution in [0.3, 0.4) is 0 Å². The first kappa shape index (κ1) is 19.2. The molecule has 1 fully saturated rings. The summed E-state index contributed by atoms with van der Waals surface area (Å²) in [5.74, 6) is 1.31. The van der Waals surface area contributed by atoms with E-state index in [9.17, 15) is 4.79 Å². The van der Waals surface area contributed by atoms with Crippen LogP contribution in [0, 0.1) is 0 Å². The van der Waals surface area contributed by atoms with Crippen molar-refractivity contribution >= 4 is 29.0 Å². The topological polar surface area (TPSA) is 59.8 Å². The number of rotatable bonds is 9. The maximum absolute atomic E-state index is 12.6. The van der Waals surface area contributed by atoms with Crippen molar-refractivity contribution in [2.24, 2.45) is 0 Å². The van der Waals surface area contributed by atoms with E-state index in [1.165, 1.54) is 11.8 Å². The maximum atomic E-state index is 12.6. The first-order valence-electron chi connectivity index (χ1n) is 9.72. The Hall–Kier alpha value is -2.12. The van der Waals surface area contributed by atoms with Crippen molar-refractivity contribution in [3.8, 4) is 10.7 Å². The van der Waals surface area contributed by atoms with Gasteiger partial charge in [-0.3, -0.25) is 9.36 Å². The molecule has 0 radical (unpaired) electrons. The summed E-state index contributed by atoms with van der Waals surface area (Å²) >= 11 is 3.15. The van der Waals surface area contributed by atoms with E-state index in [1.807, 2.05) is 24.3 Å². The maximum Gasteiger partial charge on any atom is 0.230 e. The summed E-state index contributed by atoms with van der Waals surface area (Å²) in [6, 6.07) is 14.8. The van der Waals surface area contributed by atoms with Crippen molar-refractivity contribution in [2.75, 3.05) is 5.75 Å². The Bertz CT molecular complexity index is 904. The molecular weight excluding hydrogens is 388 g/mol. The number of amides is 1. The van der Waals surface area contributed by atoms with Gasteiger partial charge in [-0.25, -0.2) is 0 Å². The summed E-state index contributed by atoms with van der Waals surface area (Å²) in [5, 5.41) is 14.9. The van der Waals surface area contributed by atoms with E-state index >= 15 is 0 Å². The van der Waals surface area contributed by atoms with E-state index in [4.69, 9.17) is 0 Å². The van der Waals surface area contributed by atoms with Crippen LogP contribution < -0.4 is 5.32 Å². The van der Waals surface area contributed by atoms with Gasteiger partial charge in [0.1, 0.15) is 0 Å². The highest BCUT2D eigenvalue weighted by molar-refractivity contribution is 7.99. The van der Waals surface area contributed by atoms with Crippen LogP contribution in [0.1, 0.15) is 50.3 Å². The van der Waals surface area contributed by atoms with E-state index in [1.54, 1.807) is 11.3 Å². The molecule has 2 aromatic heterocycles. The molecule has 0 spiro atoms. The molecule has 0 bridgehead atoms. The first-order valence-corrected chi connectivity index (χ1v) is 11.6. The molecule has 3 aromatic rings. The lowest BCUT2D eigenvalue weighted by molar-refractivity contribution is -0.119. The molecule has 0 saturated heterocycles. The Balaban J connectivity index is 1.42. The smallest absolute Gasteiger partial charge is 0.230 e. The molecule has 146 valence electrons. The van der Waals surface area contributed by atoms with Crippen molar-refractivity contribution in [1.82, 2.24) is 20.1 Å². The number of benzene rings is 1. The summed E-state index contributed by atoms with van der Waals surface area (Å²) in [4.78, 5) is 13.7. The van der Waals surface area contributed by atoms with Gasteiger partial charge in [-0.2, -0.15) is 0 Å². The highest BCUT2D eigenvalue weighted by Crippen LogP contribution is 2.41. The summed E-state index contributed by atoms with van der Waals surface area (Å²) in [6.07, 6.45) is 4.26. The summed E-state index contributed by atoms with van der Waals surface area (Å²) in [7, 11) is 0. The van der Waals surface area contributed by atoms with Gasteiger partial charge < -0.3 is 5.32 Å². The van der Waals surface area contributed by atoms with Crippen molar-refractivity contribution in [2.45, 2.75) is 49.8 Å². The Kier molecular flexibility index (Phi) is 6.12. The van der Waals surface area contributed by atoms with Gasteiger partial charge in [0.25, 0.3) is 0 Å². The van der Waals surface area contributed by atoms with Crippen molar-refractivity contribution in [3.05, 3.63) is 53.4 Å². The van der Waals surface area contributed by atoms with E-state index < -0.39 is 0 Å². The molecule has 1 N–H and O–H groups in total. The Morgan fingerprint density at radius 1 is 1.25 bits per heavy atom. The van der Waals surface area contributed by atoms with Crippen LogP contribution in [0.4, 0.5) is 0 Å². The molecule has 1 saturated carbocycles. The fourth-order valence-corrected chi connectivity index (χ4v) is 4.80. The number of carbonyl (C=O) groups is 1. The molecule has 2 heterocycles. The van der Waals surface area contributed by atoms with Gasteiger partial charge in [-0.1, -0.05) is 61.5 Å². The van der Waals surface area contributed by atoms with Crippen LogP contribution in [0.25, 0.3) is 10.7 Å². The first-order chi connectivity index (χ1) is 13.8. The normalized spacial score (nSPS) is 14.8. The van der Waals surface area contributed by atoms with E-state index in [0.717, 1.165) is 47.1 Å². The third kappa shape index (κ3) is 4.47. The predicted octanol–water partition coefficient (Wildman–Crippen LogP) is 5.09. The van der Waals surface area contributed by atoms with E-state index in [0.29, 0.717) is 11.8 Å². The molecule has 0 aliphatic heterocycles. The van der Waals surface area contributed by atoms with Gasteiger partial charge in [0, 0.05) is 6.04 Å². The zero-order valence-electron chi connectivity index (χ0n) is 15.9. The third-order valence-corrected chi connectivity index (χ3v) is 6.57. The SMILES string of the molecule is CCC[C@@H](NC(=O)CSc1nnc(-c2cccs2)n1C1CC1)c1ccccc1. The Morgan fingerprint density at radius 3 is 2.75 bits per heavy atom. The number of nitrogens with zero attached hydrogens (tertiary/aromatic N) is 3. The fraction of sp³-hybridized carbons (Fsp3) is 0.381. The molecule has 28 heavy (non-hydrogen) atoms. The van der Waals surface area contributed by atoms with Gasteiger partial charge in [0.05, 0.1) is 16.7 Å². The summed E-state index contributed by atoms with van der Waals surface area (Å²) in [6.45, 7) is 2.14. The molecule has 1 amide bonds. The van der Waals surface area contributed by atoms with Crippen LogP contribution in [-0.2, 0) is 4.79 Å². The number of thiophene rings is 1. The number of nitrogens with one attached hydrogen (secondary N) is 1. The van der Waals surface area contributed by atoms with Crippen LogP contribution in [0.2, 0.25) is 0 Å². The fourth-order valence-electron chi connectivity index (χ4n) is 3.27. The predicted molar refractivity (Wildman–Crippen MR) is 115 cm³/mol. The second-order valence-corrected chi connectivity index (χ2v) is 8.88. The molecule has 1 aliphatic carbocycles. The largest absolute Gasteiger partial charge is 0.349 e. The van der Waals surface area contributed by atoms with Crippen molar-refractivity contribution in [1.29, 1.82) is 0 Å². The van der Waals surface area contributed by atoms with Crippen LogP contribution in [0.5, 0.6) is 0 Å². The molecule has 1 aromatic carbocycles. The summed E-state index contributed by atoms with van der Waals surface area (Å²) in [5.41, 5.74) is 1.16. The Labute approximate surface area is 173 Å². The number of carbonyl (C=O) groups excluding carboxylic acids is 1. The molecule has 4 rings (SSSR count). The molecule has 0 unspecified atom stereocenters.